The number of benzene rings is 3. The smallest absolute Gasteiger partial charge is 0.261 e. The largest absolute Gasteiger partial charge is 0.387 e. The van der Waals surface area contributed by atoms with Crippen LogP contribution in [0.4, 0.5) is 5.69 Å². The average Bonchev–Trinajstić information content (AvgIpc) is 3.17. The molecule has 0 saturated carbocycles. The van der Waals surface area contributed by atoms with Gasteiger partial charge in [0.2, 0.25) is 0 Å². The number of para-hydroxylation sites is 1. The van der Waals surface area contributed by atoms with Gasteiger partial charge in [-0.25, -0.2) is 8.42 Å². The molecule has 0 aliphatic heterocycles. The minimum Gasteiger partial charge on any atom is -0.387 e. The van der Waals surface area contributed by atoms with Crippen molar-refractivity contribution < 1.29 is 13.5 Å². The van der Waals surface area contributed by atoms with E-state index in [2.05, 4.69) is 65.8 Å². The first-order valence-corrected chi connectivity index (χ1v) is 13.3. The van der Waals surface area contributed by atoms with E-state index in [1.54, 1.807) is 54.6 Å². The Bertz CT molecular complexity index is 1400. The molecule has 4 rings (SSSR count). The molecule has 0 fully saturated rings. The highest BCUT2D eigenvalue weighted by Crippen LogP contribution is 2.24. The lowest BCUT2D eigenvalue weighted by molar-refractivity contribution is 0.158. The summed E-state index contributed by atoms with van der Waals surface area (Å²) < 4.78 is 30.1. The van der Waals surface area contributed by atoms with Crippen LogP contribution in [0.1, 0.15) is 37.5 Å². The number of anilines is 1. The number of fused-ring (bicyclic) bond motifs is 1. The van der Waals surface area contributed by atoms with Crippen molar-refractivity contribution in [2.75, 3.05) is 11.3 Å². The lowest BCUT2D eigenvalue weighted by Crippen LogP contribution is -2.42. The number of hydrogen-bond donors (Lipinski definition) is 3. The molecule has 1 aromatic heterocycles. The number of aliphatic hydroxyl groups excluding tert-OH is 1. The third-order valence-corrected chi connectivity index (χ3v) is 7.71. The minimum atomic E-state index is -3.69. The lowest BCUT2D eigenvalue weighted by atomic mass is 9.99. The predicted molar refractivity (Wildman–Crippen MR) is 142 cm³/mol. The van der Waals surface area contributed by atoms with Gasteiger partial charge in [-0.3, -0.25) is 4.72 Å². The van der Waals surface area contributed by atoms with E-state index in [1.165, 1.54) is 16.5 Å². The molecule has 0 saturated heterocycles. The predicted octanol–water partition coefficient (Wildman–Crippen LogP) is 5.24. The van der Waals surface area contributed by atoms with Crippen LogP contribution in [0.15, 0.2) is 90.0 Å². The van der Waals surface area contributed by atoms with Gasteiger partial charge in [0.05, 0.1) is 11.0 Å². The van der Waals surface area contributed by atoms with Gasteiger partial charge in [0.15, 0.2) is 0 Å². The molecule has 0 aliphatic carbocycles. The molecule has 1 heterocycles. The Morgan fingerprint density at radius 2 is 1.69 bits per heavy atom. The SMILES string of the molecule is Cc1cn(CCC(C)(C)NC[C@H](O)c2cccc(NS(=O)(=O)c3ccccc3)c2)c2ccccc12. The summed E-state index contributed by atoms with van der Waals surface area (Å²) in [5.74, 6) is 0. The highest BCUT2D eigenvalue weighted by molar-refractivity contribution is 7.92. The van der Waals surface area contributed by atoms with Gasteiger partial charge in [0.25, 0.3) is 10.0 Å². The van der Waals surface area contributed by atoms with Gasteiger partial charge in [-0.05, 0) is 68.7 Å². The quantitative estimate of drug-likeness (QED) is 0.283. The number of aliphatic hydroxyl groups is 1. The first-order chi connectivity index (χ1) is 16.6. The summed E-state index contributed by atoms with van der Waals surface area (Å²) in [6, 6.07) is 23.5. The normalized spacial score (nSPS) is 13.1. The molecule has 4 aromatic rings. The van der Waals surface area contributed by atoms with Crippen molar-refractivity contribution >= 4 is 26.6 Å². The third-order valence-electron chi connectivity index (χ3n) is 6.32. The fraction of sp³-hybridized carbons (Fsp3) is 0.286. The van der Waals surface area contributed by atoms with Gasteiger partial charge < -0.3 is 15.0 Å². The number of rotatable bonds is 10. The van der Waals surface area contributed by atoms with E-state index in [4.69, 9.17) is 0 Å². The standard InChI is InChI=1S/C28H33N3O3S/c1-21-20-31(26-15-8-7-14-25(21)26)17-16-28(2,3)29-19-27(32)22-10-9-11-23(18-22)30-35(33,34)24-12-5-4-6-13-24/h4-15,18,20,27,29-30,32H,16-17,19H2,1-3H3/t27-/m0/s1. The number of hydrogen-bond acceptors (Lipinski definition) is 4. The third kappa shape index (κ3) is 6.11. The van der Waals surface area contributed by atoms with E-state index < -0.39 is 16.1 Å². The molecular formula is C28H33N3O3S. The second-order valence-electron chi connectivity index (χ2n) is 9.60. The van der Waals surface area contributed by atoms with Crippen molar-refractivity contribution in [3.8, 4) is 0 Å². The molecule has 0 spiro atoms. The Kier molecular flexibility index (Phi) is 7.31. The molecule has 0 aliphatic rings. The van der Waals surface area contributed by atoms with Crippen LogP contribution < -0.4 is 10.0 Å². The van der Waals surface area contributed by atoms with Crippen LogP contribution in [0.2, 0.25) is 0 Å². The number of aryl methyl sites for hydroxylation is 2. The van der Waals surface area contributed by atoms with Crippen molar-refractivity contribution in [3.05, 3.63) is 96.2 Å². The fourth-order valence-corrected chi connectivity index (χ4v) is 5.29. The lowest BCUT2D eigenvalue weighted by Gasteiger charge is -2.28. The van der Waals surface area contributed by atoms with Gasteiger partial charge in [-0.15, -0.1) is 0 Å². The van der Waals surface area contributed by atoms with Gasteiger partial charge >= 0.3 is 0 Å². The van der Waals surface area contributed by atoms with Crippen molar-refractivity contribution in [2.24, 2.45) is 0 Å². The maximum atomic E-state index is 12.6. The molecule has 0 bridgehead atoms. The number of sulfonamides is 1. The molecule has 6 nitrogen and oxygen atoms in total. The van der Waals surface area contributed by atoms with Crippen LogP contribution in [-0.2, 0) is 16.6 Å². The molecule has 1 atom stereocenters. The van der Waals surface area contributed by atoms with Gasteiger partial charge in [0, 0.05) is 41.4 Å². The average molecular weight is 492 g/mol. The van der Waals surface area contributed by atoms with Crippen LogP contribution in [-0.4, -0.2) is 30.2 Å². The monoisotopic (exact) mass is 491 g/mol. The van der Waals surface area contributed by atoms with Crippen LogP contribution in [0.5, 0.6) is 0 Å². The molecule has 3 aromatic carbocycles. The molecule has 3 N–H and O–H groups in total. The zero-order chi connectivity index (χ0) is 25.1. The van der Waals surface area contributed by atoms with Crippen LogP contribution in [0.3, 0.4) is 0 Å². The molecule has 184 valence electrons. The van der Waals surface area contributed by atoms with Gasteiger partial charge in [-0.2, -0.15) is 0 Å². The van der Waals surface area contributed by atoms with Crippen molar-refractivity contribution in [1.29, 1.82) is 0 Å². The Morgan fingerprint density at radius 1 is 0.971 bits per heavy atom. The summed E-state index contributed by atoms with van der Waals surface area (Å²) >= 11 is 0. The van der Waals surface area contributed by atoms with Crippen LogP contribution >= 0.6 is 0 Å². The Balaban J connectivity index is 1.36. The minimum absolute atomic E-state index is 0.194. The number of aromatic nitrogens is 1. The Morgan fingerprint density at radius 3 is 2.46 bits per heavy atom. The van der Waals surface area contributed by atoms with E-state index in [1.807, 2.05) is 0 Å². The first-order valence-electron chi connectivity index (χ1n) is 11.8. The number of β-amino-alcohol motifs (C(OH)–C–C–N with tert-alkyl or cyclic N) is 1. The second-order valence-corrected chi connectivity index (χ2v) is 11.3. The summed E-state index contributed by atoms with van der Waals surface area (Å²) in [5, 5.41) is 15.6. The second kappa shape index (κ2) is 10.2. The zero-order valence-corrected chi connectivity index (χ0v) is 21.2. The first kappa shape index (κ1) is 25.0. The maximum absolute atomic E-state index is 12.6. The van der Waals surface area contributed by atoms with E-state index in [0.29, 0.717) is 17.8 Å². The number of nitrogens with one attached hydrogen (secondary N) is 2. The molecule has 0 amide bonds. The fourth-order valence-electron chi connectivity index (χ4n) is 4.22. The number of nitrogens with zero attached hydrogens (tertiary/aromatic N) is 1. The van der Waals surface area contributed by atoms with Crippen molar-refractivity contribution in [1.82, 2.24) is 9.88 Å². The van der Waals surface area contributed by atoms with Crippen molar-refractivity contribution in [3.63, 3.8) is 0 Å². The zero-order valence-electron chi connectivity index (χ0n) is 20.4. The van der Waals surface area contributed by atoms with E-state index >= 15 is 0 Å². The van der Waals surface area contributed by atoms with E-state index in [-0.39, 0.29) is 10.4 Å². The van der Waals surface area contributed by atoms with Crippen LogP contribution in [0, 0.1) is 6.92 Å². The maximum Gasteiger partial charge on any atom is 0.261 e. The molecule has 35 heavy (non-hydrogen) atoms. The van der Waals surface area contributed by atoms with E-state index in [0.717, 1.165) is 13.0 Å². The van der Waals surface area contributed by atoms with Gasteiger partial charge in [-0.1, -0.05) is 48.5 Å². The molecule has 7 heteroatoms. The van der Waals surface area contributed by atoms with E-state index in [9.17, 15) is 13.5 Å². The summed E-state index contributed by atoms with van der Waals surface area (Å²) in [4.78, 5) is 0.194. The Hall–Kier alpha value is -3.13. The van der Waals surface area contributed by atoms with Gasteiger partial charge in [0.1, 0.15) is 0 Å². The highest BCUT2D eigenvalue weighted by atomic mass is 32.2. The molecule has 0 radical (unpaired) electrons. The summed E-state index contributed by atoms with van der Waals surface area (Å²) in [6.45, 7) is 7.60. The highest BCUT2D eigenvalue weighted by Gasteiger charge is 2.20. The summed E-state index contributed by atoms with van der Waals surface area (Å²) in [6.07, 6.45) is 2.30. The summed E-state index contributed by atoms with van der Waals surface area (Å²) in [5.41, 5.74) is 3.36. The Labute approximate surface area is 207 Å². The molecule has 0 unspecified atom stereocenters. The topological polar surface area (TPSA) is 83.4 Å². The summed E-state index contributed by atoms with van der Waals surface area (Å²) in [7, 11) is -3.69. The molecular weight excluding hydrogens is 458 g/mol. The van der Waals surface area contributed by atoms with Crippen LogP contribution in [0.25, 0.3) is 10.9 Å². The van der Waals surface area contributed by atoms with Crippen molar-refractivity contribution in [2.45, 2.75) is 50.3 Å².